The van der Waals surface area contributed by atoms with Crippen LogP contribution in [0.5, 0.6) is 0 Å². The van der Waals surface area contributed by atoms with Crippen LogP contribution in [0.1, 0.15) is 12.6 Å². The summed E-state index contributed by atoms with van der Waals surface area (Å²) in [7, 11) is 0. The van der Waals surface area contributed by atoms with E-state index in [9.17, 15) is 9.59 Å². The third-order valence-electron chi connectivity index (χ3n) is 1.43. The second-order valence-corrected chi connectivity index (χ2v) is 3.00. The summed E-state index contributed by atoms with van der Waals surface area (Å²) in [5.74, 6) is -0.292. The Bertz CT molecular complexity index is 446. The molecular weight excluding hydrogens is 190 g/mol. The Morgan fingerprint density at radius 1 is 1.46 bits per heavy atom. The lowest BCUT2D eigenvalue weighted by molar-refractivity contribution is -0.114. The number of aromatic amines is 2. The van der Waals surface area contributed by atoms with E-state index in [1.54, 1.807) is 6.92 Å². The predicted octanol–water partition coefficient (Wildman–Crippen LogP) is 0.699. The van der Waals surface area contributed by atoms with Gasteiger partial charge in [-0.2, -0.15) is 0 Å². The second kappa shape index (κ2) is 3.53. The molecule has 0 radical (unpaired) electrons. The van der Waals surface area contributed by atoms with Crippen LogP contribution in [0.4, 0.5) is 5.69 Å². The first-order valence-corrected chi connectivity index (χ1v) is 4.02. The summed E-state index contributed by atoms with van der Waals surface area (Å²) >= 11 is 4.74. The number of aromatic nitrogens is 2. The van der Waals surface area contributed by atoms with Crippen molar-refractivity contribution >= 4 is 23.8 Å². The standard InChI is InChI=1S/C7H9N3O2S/c1-3-5(9-4(2)11)6(12)10-7(13)8-3/h1-2H3,(H,9,11)(H2,8,10,12,13). The summed E-state index contributed by atoms with van der Waals surface area (Å²) in [6.07, 6.45) is 0. The predicted molar refractivity (Wildman–Crippen MR) is 51.3 cm³/mol. The number of hydrogen-bond donors (Lipinski definition) is 3. The number of carbonyl (C=O) groups excluding carboxylic acids is 1. The molecule has 1 aromatic heterocycles. The average molecular weight is 199 g/mol. The van der Waals surface area contributed by atoms with E-state index >= 15 is 0 Å². The molecule has 13 heavy (non-hydrogen) atoms. The molecule has 70 valence electrons. The SMILES string of the molecule is CC(=O)Nc1c(C)[nH]c(=S)[nH]c1=O. The molecule has 0 fully saturated rings. The van der Waals surface area contributed by atoms with Crippen molar-refractivity contribution in [2.75, 3.05) is 5.32 Å². The van der Waals surface area contributed by atoms with Crippen LogP contribution in [0.15, 0.2) is 4.79 Å². The van der Waals surface area contributed by atoms with Crippen molar-refractivity contribution in [2.24, 2.45) is 0 Å². The fraction of sp³-hybridized carbons (Fsp3) is 0.286. The highest BCUT2D eigenvalue weighted by Gasteiger charge is 2.04. The Balaban J connectivity index is 3.29. The van der Waals surface area contributed by atoms with Crippen LogP contribution < -0.4 is 10.9 Å². The van der Waals surface area contributed by atoms with Gasteiger partial charge >= 0.3 is 0 Å². The van der Waals surface area contributed by atoms with Crippen LogP contribution >= 0.6 is 12.2 Å². The number of anilines is 1. The van der Waals surface area contributed by atoms with Gasteiger partial charge in [-0.25, -0.2) is 0 Å². The number of hydrogen-bond acceptors (Lipinski definition) is 3. The van der Waals surface area contributed by atoms with Gasteiger partial charge in [0.25, 0.3) is 5.56 Å². The molecule has 5 nitrogen and oxygen atoms in total. The summed E-state index contributed by atoms with van der Waals surface area (Å²) < 4.78 is 0.247. The molecule has 0 unspecified atom stereocenters. The summed E-state index contributed by atoms with van der Waals surface area (Å²) in [6.45, 7) is 3.00. The summed E-state index contributed by atoms with van der Waals surface area (Å²) in [5, 5.41) is 2.41. The van der Waals surface area contributed by atoms with Crippen molar-refractivity contribution in [1.82, 2.24) is 9.97 Å². The van der Waals surface area contributed by atoms with Gasteiger partial charge in [-0.05, 0) is 19.1 Å². The van der Waals surface area contributed by atoms with E-state index in [0.717, 1.165) is 0 Å². The lowest BCUT2D eigenvalue weighted by atomic mass is 10.3. The minimum atomic E-state index is -0.392. The van der Waals surface area contributed by atoms with Gasteiger partial charge in [-0.1, -0.05) is 0 Å². The molecule has 0 saturated carbocycles. The molecule has 0 saturated heterocycles. The van der Waals surface area contributed by atoms with Crippen LogP contribution in [0.3, 0.4) is 0 Å². The summed E-state index contributed by atoms with van der Waals surface area (Å²) in [5.41, 5.74) is 0.363. The third-order valence-corrected chi connectivity index (χ3v) is 1.64. The fourth-order valence-corrected chi connectivity index (χ4v) is 1.17. The van der Waals surface area contributed by atoms with Crippen LogP contribution in [-0.4, -0.2) is 15.9 Å². The lowest BCUT2D eigenvalue weighted by Crippen LogP contribution is -2.20. The maximum atomic E-state index is 11.2. The van der Waals surface area contributed by atoms with Crippen LogP contribution in [0.25, 0.3) is 0 Å². The molecule has 1 amide bonds. The van der Waals surface area contributed by atoms with Crippen molar-refractivity contribution in [3.05, 3.63) is 20.8 Å². The largest absolute Gasteiger partial charge is 0.334 e. The summed E-state index contributed by atoms with van der Waals surface area (Å²) in [6, 6.07) is 0. The molecular formula is C7H9N3O2S. The Hall–Kier alpha value is -1.43. The lowest BCUT2D eigenvalue weighted by Gasteiger charge is -2.03. The number of H-pyrrole nitrogens is 2. The van der Waals surface area contributed by atoms with Gasteiger partial charge < -0.3 is 10.3 Å². The van der Waals surface area contributed by atoms with Gasteiger partial charge in [0.2, 0.25) is 5.91 Å². The number of aryl methyl sites for hydroxylation is 1. The monoisotopic (exact) mass is 199 g/mol. The zero-order valence-corrected chi connectivity index (χ0v) is 8.04. The smallest absolute Gasteiger partial charge is 0.275 e. The van der Waals surface area contributed by atoms with E-state index in [1.165, 1.54) is 6.92 Å². The van der Waals surface area contributed by atoms with Crippen molar-refractivity contribution in [3.63, 3.8) is 0 Å². The second-order valence-electron chi connectivity index (χ2n) is 2.59. The van der Waals surface area contributed by atoms with Crippen LogP contribution in [0, 0.1) is 11.7 Å². The van der Waals surface area contributed by atoms with Crippen LogP contribution in [0.2, 0.25) is 0 Å². The number of nitrogens with one attached hydrogen (secondary N) is 3. The van der Waals surface area contributed by atoms with Crippen molar-refractivity contribution in [3.8, 4) is 0 Å². The highest BCUT2D eigenvalue weighted by molar-refractivity contribution is 7.71. The Morgan fingerprint density at radius 3 is 2.54 bits per heavy atom. The van der Waals surface area contributed by atoms with Gasteiger partial charge in [0.05, 0.1) is 0 Å². The van der Waals surface area contributed by atoms with E-state index in [0.29, 0.717) is 5.69 Å². The molecule has 3 N–H and O–H groups in total. The number of amides is 1. The number of rotatable bonds is 1. The minimum Gasteiger partial charge on any atom is -0.334 e. The fourth-order valence-electron chi connectivity index (χ4n) is 0.927. The van der Waals surface area contributed by atoms with Gasteiger partial charge in [0, 0.05) is 12.6 Å². The van der Waals surface area contributed by atoms with Gasteiger partial charge in [-0.3, -0.25) is 14.6 Å². The first-order valence-electron chi connectivity index (χ1n) is 3.61. The van der Waals surface area contributed by atoms with Crippen molar-refractivity contribution < 1.29 is 4.79 Å². The first-order chi connectivity index (χ1) is 6.00. The van der Waals surface area contributed by atoms with Gasteiger partial charge in [-0.15, -0.1) is 0 Å². The highest BCUT2D eigenvalue weighted by atomic mass is 32.1. The molecule has 0 spiro atoms. The molecule has 1 aromatic rings. The molecule has 1 rings (SSSR count). The van der Waals surface area contributed by atoms with Gasteiger partial charge in [0.15, 0.2) is 4.77 Å². The average Bonchev–Trinajstić information content (AvgIpc) is 1.96. The molecule has 0 aliphatic heterocycles. The normalized spacial score (nSPS) is 9.69. The van der Waals surface area contributed by atoms with Gasteiger partial charge in [0.1, 0.15) is 5.69 Å². The van der Waals surface area contributed by atoms with Crippen molar-refractivity contribution in [1.29, 1.82) is 0 Å². The summed E-state index contributed by atoms with van der Waals surface area (Å²) in [4.78, 5) is 27.0. The molecule has 0 bridgehead atoms. The zero-order chi connectivity index (χ0) is 10.0. The van der Waals surface area contributed by atoms with E-state index < -0.39 is 5.56 Å². The maximum Gasteiger partial charge on any atom is 0.275 e. The molecule has 1 heterocycles. The molecule has 6 heteroatoms. The topological polar surface area (TPSA) is 77.8 Å². The van der Waals surface area contributed by atoms with Crippen molar-refractivity contribution in [2.45, 2.75) is 13.8 Å². The van der Waals surface area contributed by atoms with E-state index in [1.807, 2.05) is 0 Å². The first kappa shape index (κ1) is 9.66. The Morgan fingerprint density at radius 2 is 2.08 bits per heavy atom. The Labute approximate surface area is 79.2 Å². The van der Waals surface area contributed by atoms with Crippen LogP contribution in [-0.2, 0) is 4.79 Å². The molecule has 0 aliphatic rings. The molecule has 0 aliphatic carbocycles. The quantitative estimate of drug-likeness (QED) is 0.582. The zero-order valence-electron chi connectivity index (χ0n) is 7.22. The Kier molecular flexibility index (Phi) is 2.62. The third kappa shape index (κ3) is 2.25. The van der Waals surface area contributed by atoms with E-state index in [4.69, 9.17) is 12.2 Å². The molecule has 0 aromatic carbocycles. The number of carbonyl (C=O) groups is 1. The molecule has 0 atom stereocenters. The highest BCUT2D eigenvalue weighted by Crippen LogP contribution is 2.02. The van der Waals surface area contributed by atoms with E-state index in [-0.39, 0.29) is 16.4 Å². The maximum absolute atomic E-state index is 11.2. The van der Waals surface area contributed by atoms with E-state index in [2.05, 4.69) is 15.3 Å². The minimum absolute atomic E-state index is 0.209.